The third-order valence-electron chi connectivity index (χ3n) is 3.45. The number of hydrogen-bond acceptors (Lipinski definition) is 2. The van der Waals surface area contributed by atoms with Crippen molar-refractivity contribution in [2.24, 2.45) is 5.73 Å². The molecular formula is C14H22N2. The molecule has 2 nitrogen and oxygen atoms in total. The van der Waals surface area contributed by atoms with Crippen LogP contribution >= 0.6 is 0 Å². The lowest BCUT2D eigenvalue weighted by atomic mass is 10.0. The van der Waals surface area contributed by atoms with Gasteiger partial charge in [0.2, 0.25) is 0 Å². The Bertz CT molecular complexity index is 329. The number of nitrogens with one attached hydrogen (secondary N) is 1. The van der Waals surface area contributed by atoms with E-state index in [-0.39, 0.29) is 6.04 Å². The van der Waals surface area contributed by atoms with Crippen LogP contribution in [0.4, 0.5) is 0 Å². The highest BCUT2D eigenvalue weighted by Gasteiger charge is 2.15. The molecule has 0 heterocycles. The first-order valence-corrected chi connectivity index (χ1v) is 6.31. The Hall–Kier alpha value is -0.860. The maximum Gasteiger partial charge on any atom is 0.0421 e. The van der Waals surface area contributed by atoms with Gasteiger partial charge in [0.25, 0.3) is 0 Å². The van der Waals surface area contributed by atoms with Crippen LogP contribution in [-0.4, -0.2) is 12.6 Å². The molecule has 1 aliphatic carbocycles. The standard InChI is InChI=1S/C14H22N2/c1-11-5-4-6-12(9-11)14(15)10-16-13-7-2-3-8-13/h4-6,9,13-14,16H,2-3,7-8,10,15H2,1H3. The van der Waals surface area contributed by atoms with Crippen molar-refractivity contribution in [3.05, 3.63) is 35.4 Å². The zero-order valence-electron chi connectivity index (χ0n) is 10.1. The summed E-state index contributed by atoms with van der Waals surface area (Å²) < 4.78 is 0. The summed E-state index contributed by atoms with van der Waals surface area (Å²) in [7, 11) is 0. The molecule has 16 heavy (non-hydrogen) atoms. The second kappa shape index (κ2) is 5.46. The van der Waals surface area contributed by atoms with Gasteiger partial charge < -0.3 is 11.1 Å². The molecule has 0 bridgehead atoms. The summed E-state index contributed by atoms with van der Waals surface area (Å²) in [6.45, 7) is 3.01. The van der Waals surface area contributed by atoms with E-state index in [1.165, 1.54) is 36.8 Å². The molecule has 1 unspecified atom stereocenters. The van der Waals surface area contributed by atoms with Crippen molar-refractivity contribution >= 4 is 0 Å². The SMILES string of the molecule is Cc1cccc(C(N)CNC2CCCC2)c1. The van der Waals surface area contributed by atoms with E-state index in [9.17, 15) is 0 Å². The average molecular weight is 218 g/mol. The van der Waals surface area contributed by atoms with Gasteiger partial charge >= 0.3 is 0 Å². The number of hydrogen-bond donors (Lipinski definition) is 2. The molecule has 3 N–H and O–H groups in total. The fourth-order valence-corrected chi connectivity index (χ4v) is 2.44. The highest BCUT2D eigenvalue weighted by atomic mass is 14.9. The van der Waals surface area contributed by atoms with E-state index in [4.69, 9.17) is 5.73 Å². The third kappa shape index (κ3) is 3.06. The quantitative estimate of drug-likeness (QED) is 0.815. The van der Waals surface area contributed by atoms with Crippen molar-refractivity contribution in [2.45, 2.75) is 44.7 Å². The minimum Gasteiger partial charge on any atom is -0.323 e. The van der Waals surface area contributed by atoms with Gasteiger partial charge in [-0.2, -0.15) is 0 Å². The lowest BCUT2D eigenvalue weighted by molar-refractivity contribution is 0.492. The smallest absolute Gasteiger partial charge is 0.0421 e. The van der Waals surface area contributed by atoms with Gasteiger partial charge in [-0.3, -0.25) is 0 Å². The van der Waals surface area contributed by atoms with Gasteiger partial charge in [-0.05, 0) is 25.3 Å². The molecule has 0 radical (unpaired) electrons. The van der Waals surface area contributed by atoms with E-state index in [2.05, 4.69) is 36.5 Å². The fraction of sp³-hybridized carbons (Fsp3) is 0.571. The highest BCUT2D eigenvalue weighted by Crippen LogP contribution is 2.18. The zero-order valence-corrected chi connectivity index (χ0v) is 10.1. The summed E-state index contributed by atoms with van der Waals surface area (Å²) in [6, 6.07) is 9.33. The van der Waals surface area contributed by atoms with Crippen LogP contribution in [0.25, 0.3) is 0 Å². The molecule has 2 rings (SSSR count). The first-order chi connectivity index (χ1) is 7.75. The number of aryl methyl sites for hydroxylation is 1. The van der Waals surface area contributed by atoms with E-state index in [1.807, 2.05) is 0 Å². The summed E-state index contributed by atoms with van der Waals surface area (Å²) in [6.07, 6.45) is 5.38. The zero-order chi connectivity index (χ0) is 11.4. The molecule has 1 saturated carbocycles. The molecule has 2 heteroatoms. The largest absolute Gasteiger partial charge is 0.323 e. The van der Waals surface area contributed by atoms with Gasteiger partial charge in [-0.15, -0.1) is 0 Å². The van der Waals surface area contributed by atoms with E-state index < -0.39 is 0 Å². The first-order valence-electron chi connectivity index (χ1n) is 6.31. The summed E-state index contributed by atoms with van der Waals surface area (Å²) in [4.78, 5) is 0. The molecule has 88 valence electrons. The van der Waals surface area contributed by atoms with Gasteiger partial charge in [-0.1, -0.05) is 42.7 Å². The Balaban J connectivity index is 1.85. The van der Waals surface area contributed by atoms with Gasteiger partial charge in [0.05, 0.1) is 0 Å². The molecule has 0 aliphatic heterocycles. The molecule has 1 fully saturated rings. The first kappa shape index (κ1) is 11.6. The van der Waals surface area contributed by atoms with Crippen LogP contribution in [0.1, 0.15) is 42.9 Å². The Morgan fingerprint density at radius 1 is 1.38 bits per heavy atom. The van der Waals surface area contributed by atoms with E-state index in [0.717, 1.165) is 6.54 Å². The summed E-state index contributed by atoms with van der Waals surface area (Å²) in [5.41, 5.74) is 8.71. The van der Waals surface area contributed by atoms with E-state index >= 15 is 0 Å². The van der Waals surface area contributed by atoms with Crippen LogP contribution in [-0.2, 0) is 0 Å². The predicted octanol–water partition coefficient (Wildman–Crippen LogP) is 2.53. The molecule has 1 aromatic rings. The molecule has 0 spiro atoms. The highest BCUT2D eigenvalue weighted by molar-refractivity contribution is 5.25. The molecule has 0 saturated heterocycles. The summed E-state index contributed by atoms with van der Waals surface area (Å²) in [5.74, 6) is 0. The number of rotatable bonds is 4. The van der Waals surface area contributed by atoms with Crippen molar-refractivity contribution < 1.29 is 0 Å². The second-order valence-electron chi connectivity index (χ2n) is 4.91. The minimum atomic E-state index is 0.125. The van der Waals surface area contributed by atoms with Crippen molar-refractivity contribution in [3.63, 3.8) is 0 Å². The fourth-order valence-electron chi connectivity index (χ4n) is 2.44. The summed E-state index contributed by atoms with van der Waals surface area (Å²) >= 11 is 0. The van der Waals surface area contributed by atoms with Crippen molar-refractivity contribution in [3.8, 4) is 0 Å². The number of nitrogens with two attached hydrogens (primary N) is 1. The molecular weight excluding hydrogens is 196 g/mol. The maximum atomic E-state index is 6.18. The molecule has 1 aromatic carbocycles. The minimum absolute atomic E-state index is 0.125. The van der Waals surface area contributed by atoms with Crippen molar-refractivity contribution in [1.82, 2.24) is 5.32 Å². The Morgan fingerprint density at radius 2 is 2.12 bits per heavy atom. The molecule has 0 aromatic heterocycles. The van der Waals surface area contributed by atoms with Crippen LogP contribution in [0.2, 0.25) is 0 Å². The van der Waals surface area contributed by atoms with Crippen LogP contribution in [0, 0.1) is 6.92 Å². The molecule has 1 aliphatic rings. The van der Waals surface area contributed by atoms with E-state index in [1.54, 1.807) is 0 Å². The van der Waals surface area contributed by atoms with Crippen molar-refractivity contribution in [1.29, 1.82) is 0 Å². The maximum absolute atomic E-state index is 6.18. The van der Waals surface area contributed by atoms with Crippen molar-refractivity contribution in [2.75, 3.05) is 6.54 Å². The van der Waals surface area contributed by atoms with Gasteiger partial charge in [0, 0.05) is 18.6 Å². The Kier molecular flexibility index (Phi) is 3.97. The Labute approximate surface area is 98.2 Å². The average Bonchev–Trinajstić information content (AvgIpc) is 2.78. The number of benzene rings is 1. The van der Waals surface area contributed by atoms with Crippen LogP contribution in [0.3, 0.4) is 0 Å². The predicted molar refractivity (Wildman–Crippen MR) is 68.4 cm³/mol. The monoisotopic (exact) mass is 218 g/mol. The lowest BCUT2D eigenvalue weighted by Gasteiger charge is -2.17. The van der Waals surface area contributed by atoms with Crippen LogP contribution in [0.15, 0.2) is 24.3 Å². The van der Waals surface area contributed by atoms with Gasteiger partial charge in [0.15, 0.2) is 0 Å². The molecule has 0 amide bonds. The summed E-state index contributed by atoms with van der Waals surface area (Å²) in [5, 5.41) is 3.57. The third-order valence-corrected chi connectivity index (χ3v) is 3.45. The normalized spacial score (nSPS) is 18.9. The Morgan fingerprint density at radius 3 is 2.81 bits per heavy atom. The second-order valence-corrected chi connectivity index (χ2v) is 4.91. The van der Waals surface area contributed by atoms with E-state index in [0.29, 0.717) is 6.04 Å². The lowest BCUT2D eigenvalue weighted by Crippen LogP contribution is -2.33. The molecule has 1 atom stereocenters. The topological polar surface area (TPSA) is 38.0 Å². The van der Waals surface area contributed by atoms with Crippen LogP contribution in [0.5, 0.6) is 0 Å². The van der Waals surface area contributed by atoms with Gasteiger partial charge in [-0.25, -0.2) is 0 Å². The van der Waals surface area contributed by atoms with Crippen LogP contribution < -0.4 is 11.1 Å². The van der Waals surface area contributed by atoms with Gasteiger partial charge in [0.1, 0.15) is 0 Å².